The number of hydrogen-bond acceptors (Lipinski definition) is 5. The van der Waals surface area contributed by atoms with Gasteiger partial charge in [-0.25, -0.2) is 13.6 Å². The van der Waals surface area contributed by atoms with Gasteiger partial charge in [0, 0.05) is 6.54 Å². The average molecular weight is 440 g/mol. The molecule has 0 saturated heterocycles. The van der Waals surface area contributed by atoms with E-state index < -0.39 is 16.1 Å². The van der Waals surface area contributed by atoms with Gasteiger partial charge < -0.3 is 10.1 Å². The Kier molecular flexibility index (Phi) is 7.06. The highest BCUT2D eigenvalue weighted by molar-refractivity contribution is 7.89. The molecule has 0 bridgehead atoms. The molecule has 162 valence electrons. The second-order valence-electron chi connectivity index (χ2n) is 7.11. The van der Waals surface area contributed by atoms with Gasteiger partial charge in [0.1, 0.15) is 11.8 Å². The summed E-state index contributed by atoms with van der Waals surface area (Å²) in [6.07, 6.45) is 0. The molecule has 3 aromatic carbocycles. The van der Waals surface area contributed by atoms with Gasteiger partial charge in [-0.1, -0.05) is 48.5 Å². The van der Waals surface area contributed by atoms with Gasteiger partial charge in [0.2, 0.25) is 15.9 Å². The van der Waals surface area contributed by atoms with Crippen molar-refractivity contribution in [2.45, 2.75) is 24.4 Å². The van der Waals surface area contributed by atoms with Gasteiger partial charge in [0.15, 0.2) is 0 Å². The van der Waals surface area contributed by atoms with Crippen molar-refractivity contribution in [1.29, 1.82) is 0 Å². The predicted octanol–water partition coefficient (Wildman–Crippen LogP) is 3.12. The highest BCUT2D eigenvalue weighted by Gasteiger charge is 2.21. The number of benzene rings is 3. The minimum absolute atomic E-state index is 0.0418. The van der Waals surface area contributed by atoms with Crippen LogP contribution in [0.4, 0.5) is 5.69 Å². The first-order valence-corrected chi connectivity index (χ1v) is 11.2. The number of methoxy groups -OCH3 is 1. The lowest BCUT2D eigenvalue weighted by Crippen LogP contribution is -2.33. The molecular weight excluding hydrogens is 414 g/mol. The number of nitrogens with two attached hydrogens (primary N) is 1. The van der Waals surface area contributed by atoms with Crippen LogP contribution in [0, 0.1) is 6.92 Å². The summed E-state index contributed by atoms with van der Waals surface area (Å²) in [5.41, 5.74) is 3.20. The van der Waals surface area contributed by atoms with Crippen molar-refractivity contribution in [1.82, 2.24) is 5.32 Å². The SMILES string of the molecule is COc1ccc(C)cc1NC(=O)[C@@H](NCc1ccc(S(N)(=O)=O)cc1)c1ccccc1. The first-order valence-electron chi connectivity index (χ1n) is 9.63. The Bertz CT molecular complexity index is 1150. The highest BCUT2D eigenvalue weighted by atomic mass is 32.2. The van der Waals surface area contributed by atoms with E-state index in [1.807, 2.05) is 55.5 Å². The van der Waals surface area contributed by atoms with Crippen LogP contribution in [0.15, 0.2) is 77.7 Å². The normalized spacial score (nSPS) is 12.2. The van der Waals surface area contributed by atoms with Gasteiger partial charge >= 0.3 is 0 Å². The van der Waals surface area contributed by atoms with Gasteiger partial charge in [-0.05, 0) is 47.9 Å². The smallest absolute Gasteiger partial charge is 0.246 e. The quantitative estimate of drug-likeness (QED) is 0.499. The standard InChI is InChI=1S/C23H25N3O4S/c1-16-8-13-21(30-2)20(14-16)26-23(27)22(18-6-4-3-5-7-18)25-15-17-9-11-19(12-10-17)31(24,28)29/h3-14,22,25H,15H2,1-2H3,(H,26,27)(H2,24,28,29)/t22-/m0/s1. The zero-order chi connectivity index (χ0) is 22.4. The van der Waals surface area contributed by atoms with Gasteiger partial charge in [-0.2, -0.15) is 0 Å². The number of ether oxygens (including phenoxy) is 1. The molecular formula is C23H25N3O4S. The predicted molar refractivity (Wildman–Crippen MR) is 120 cm³/mol. The molecule has 0 aromatic heterocycles. The van der Waals surface area contributed by atoms with Crippen molar-refractivity contribution in [2.24, 2.45) is 5.14 Å². The molecule has 4 N–H and O–H groups in total. The maximum atomic E-state index is 13.2. The molecule has 1 atom stereocenters. The van der Waals surface area contributed by atoms with Gasteiger partial charge in [0.05, 0.1) is 17.7 Å². The summed E-state index contributed by atoms with van der Waals surface area (Å²) in [6.45, 7) is 2.29. The third-order valence-corrected chi connectivity index (χ3v) is 5.70. The van der Waals surface area contributed by atoms with E-state index in [4.69, 9.17) is 9.88 Å². The lowest BCUT2D eigenvalue weighted by Gasteiger charge is -2.20. The Hall–Kier alpha value is -3.20. The number of carbonyl (C=O) groups excluding carboxylic acids is 1. The van der Waals surface area contributed by atoms with Crippen molar-refractivity contribution >= 4 is 21.6 Å². The topological polar surface area (TPSA) is 111 Å². The van der Waals surface area contributed by atoms with E-state index in [0.717, 1.165) is 16.7 Å². The van der Waals surface area contributed by atoms with Crippen molar-refractivity contribution in [2.75, 3.05) is 12.4 Å². The molecule has 7 nitrogen and oxygen atoms in total. The molecule has 0 saturated carbocycles. The van der Waals surface area contributed by atoms with Crippen LogP contribution in [0.1, 0.15) is 22.7 Å². The molecule has 0 unspecified atom stereocenters. The maximum Gasteiger partial charge on any atom is 0.246 e. The van der Waals surface area contributed by atoms with E-state index in [0.29, 0.717) is 18.0 Å². The lowest BCUT2D eigenvalue weighted by atomic mass is 10.1. The van der Waals surface area contributed by atoms with Crippen molar-refractivity contribution in [3.8, 4) is 5.75 Å². The summed E-state index contributed by atoms with van der Waals surface area (Å²) in [7, 11) is -2.19. The van der Waals surface area contributed by atoms with E-state index in [-0.39, 0.29) is 10.8 Å². The Balaban J connectivity index is 1.81. The van der Waals surface area contributed by atoms with Crippen LogP contribution < -0.4 is 20.5 Å². The van der Waals surface area contributed by atoms with Crippen LogP contribution in [-0.4, -0.2) is 21.4 Å². The molecule has 0 aliphatic heterocycles. The summed E-state index contributed by atoms with van der Waals surface area (Å²) in [6, 6.07) is 20.5. The molecule has 0 aliphatic rings. The van der Waals surface area contributed by atoms with E-state index in [9.17, 15) is 13.2 Å². The van der Waals surface area contributed by atoms with Gasteiger partial charge in [0.25, 0.3) is 0 Å². The molecule has 0 aliphatic carbocycles. The number of sulfonamides is 1. The number of aryl methyl sites for hydroxylation is 1. The third kappa shape index (κ3) is 5.91. The van der Waals surface area contributed by atoms with Crippen molar-refractivity contribution < 1.29 is 17.9 Å². The number of nitrogens with one attached hydrogen (secondary N) is 2. The Morgan fingerprint density at radius 3 is 2.32 bits per heavy atom. The molecule has 3 rings (SSSR count). The van der Waals surface area contributed by atoms with Crippen molar-refractivity contribution in [3.63, 3.8) is 0 Å². The second-order valence-corrected chi connectivity index (χ2v) is 8.67. The number of hydrogen-bond donors (Lipinski definition) is 3. The van der Waals surface area contributed by atoms with Crippen molar-refractivity contribution in [3.05, 3.63) is 89.5 Å². The molecule has 8 heteroatoms. The minimum atomic E-state index is -3.75. The number of rotatable bonds is 8. The maximum absolute atomic E-state index is 13.2. The monoisotopic (exact) mass is 439 g/mol. The minimum Gasteiger partial charge on any atom is -0.495 e. The number of carbonyl (C=O) groups is 1. The molecule has 0 fully saturated rings. The van der Waals surface area contributed by atoms with Crippen LogP contribution in [0.3, 0.4) is 0 Å². The molecule has 3 aromatic rings. The fourth-order valence-electron chi connectivity index (χ4n) is 3.15. The zero-order valence-corrected chi connectivity index (χ0v) is 18.1. The van der Waals surface area contributed by atoms with Gasteiger partial charge in [-0.15, -0.1) is 0 Å². The Morgan fingerprint density at radius 2 is 1.71 bits per heavy atom. The summed E-state index contributed by atoms with van der Waals surface area (Å²) in [5, 5.41) is 11.3. The van der Waals surface area contributed by atoms with Gasteiger partial charge in [-0.3, -0.25) is 10.1 Å². The summed E-state index contributed by atoms with van der Waals surface area (Å²) in [5.74, 6) is 0.334. The summed E-state index contributed by atoms with van der Waals surface area (Å²) in [4.78, 5) is 13.2. The largest absolute Gasteiger partial charge is 0.495 e. The van der Waals surface area contributed by atoms with Crippen LogP contribution in [0.5, 0.6) is 5.75 Å². The second kappa shape index (κ2) is 9.74. The summed E-state index contributed by atoms with van der Waals surface area (Å²) >= 11 is 0. The van der Waals surface area contributed by atoms with Crippen LogP contribution in [-0.2, 0) is 21.4 Å². The lowest BCUT2D eigenvalue weighted by molar-refractivity contribution is -0.118. The fraction of sp³-hybridized carbons (Fsp3) is 0.174. The third-order valence-electron chi connectivity index (χ3n) is 4.77. The zero-order valence-electron chi connectivity index (χ0n) is 17.3. The van der Waals surface area contributed by atoms with Crippen LogP contribution in [0.25, 0.3) is 0 Å². The molecule has 1 amide bonds. The average Bonchev–Trinajstić information content (AvgIpc) is 2.74. The molecule has 0 heterocycles. The number of amides is 1. The van der Waals surface area contributed by atoms with Crippen LogP contribution >= 0.6 is 0 Å². The first kappa shape index (κ1) is 22.5. The molecule has 0 spiro atoms. The van der Waals surface area contributed by atoms with E-state index in [2.05, 4.69) is 10.6 Å². The number of primary sulfonamides is 1. The fourth-order valence-corrected chi connectivity index (χ4v) is 3.66. The highest BCUT2D eigenvalue weighted by Crippen LogP contribution is 2.27. The first-order chi connectivity index (χ1) is 14.8. The Morgan fingerprint density at radius 1 is 1.03 bits per heavy atom. The van der Waals surface area contributed by atoms with E-state index in [1.54, 1.807) is 19.2 Å². The summed E-state index contributed by atoms with van der Waals surface area (Å²) < 4.78 is 28.2. The molecule has 31 heavy (non-hydrogen) atoms. The Labute approximate surface area is 182 Å². The number of anilines is 1. The van der Waals surface area contributed by atoms with Crippen LogP contribution in [0.2, 0.25) is 0 Å². The molecule has 0 radical (unpaired) electrons. The van der Waals surface area contributed by atoms with E-state index in [1.165, 1.54) is 12.1 Å². The van der Waals surface area contributed by atoms with E-state index >= 15 is 0 Å².